The number of nitrogens with zero attached hydrogens (tertiary/aromatic N) is 1. The highest BCUT2D eigenvalue weighted by molar-refractivity contribution is 5.70. The summed E-state index contributed by atoms with van der Waals surface area (Å²) < 4.78 is 0. The minimum Gasteiger partial charge on any atom is -0.481 e. The highest BCUT2D eigenvalue weighted by atomic mass is 16.4. The van der Waals surface area contributed by atoms with Crippen LogP contribution in [0.4, 0.5) is 0 Å². The largest absolute Gasteiger partial charge is 0.481 e. The van der Waals surface area contributed by atoms with Gasteiger partial charge in [-0.15, -0.1) is 0 Å². The molecular weight excluding hydrogens is 250 g/mol. The molecule has 20 heavy (non-hydrogen) atoms. The maximum absolute atomic E-state index is 11.2. The number of carboxylic acid groups (broad SMARTS) is 1. The molecule has 2 fully saturated rings. The van der Waals surface area contributed by atoms with Crippen molar-refractivity contribution < 1.29 is 9.90 Å². The number of hydrogen-bond donors (Lipinski definition) is 1. The van der Waals surface area contributed by atoms with E-state index in [1.165, 1.54) is 38.5 Å². The Hall–Kier alpha value is -0.570. The average molecular weight is 281 g/mol. The Bertz CT molecular complexity index is 312. The normalized spacial score (nSPS) is 31.1. The standard InChI is InChI=1S/C17H31NO2/c1-13(10-15-6-4-3-5-7-15)11-18-12-16(17(19)20)9-8-14(18)2/h13-16H,3-12H2,1-2H3,(H,19,20). The van der Waals surface area contributed by atoms with Crippen LogP contribution in [0.3, 0.4) is 0 Å². The minimum absolute atomic E-state index is 0.145. The minimum atomic E-state index is -0.609. The summed E-state index contributed by atoms with van der Waals surface area (Å²) in [4.78, 5) is 13.6. The van der Waals surface area contributed by atoms with E-state index in [4.69, 9.17) is 0 Å². The lowest BCUT2D eigenvalue weighted by atomic mass is 9.82. The summed E-state index contributed by atoms with van der Waals surface area (Å²) >= 11 is 0. The third-order valence-electron chi connectivity index (χ3n) is 5.37. The van der Waals surface area contributed by atoms with Gasteiger partial charge in [0, 0.05) is 19.1 Å². The molecule has 1 saturated heterocycles. The van der Waals surface area contributed by atoms with Gasteiger partial charge in [0.05, 0.1) is 5.92 Å². The van der Waals surface area contributed by atoms with Gasteiger partial charge < -0.3 is 5.11 Å². The fourth-order valence-corrected chi connectivity index (χ4v) is 4.10. The first-order valence-electron chi connectivity index (χ1n) is 8.53. The maximum Gasteiger partial charge on any atom is 0.307 e. The first-order chi connectivity index (χ1) is 9.56. The van der Waals surface area contributed by atoms with Gasteiger partial charge in [0.25, 0.3) is 0 Å². The molecule has 1 heterocycles. The molecule has 116 valence electrons. The average Bonchev–Trinajstić information content (AvgIpc) is 2.42. The monoisotopic (exact) mass is 281 g/mol. The molecule has 0 amide bonds. The van der Waals surface area contributed by atoms with Crippen LogP contribution < -0.4 is 0 Å². The summed E-state index contributed by atoms with van der Waals surface area (Å²) in [7, 11) is 0. The zero-order chi connectivity index (χ0) is 14.5. The maximum atomic E-state index is 11.2. The summed E-state index contributed by atoms with van der Waals surface area (Å²) in [5.74, 6) is 0.872. The van der Waals surface area contributed by atoms with Crippen LogP contribution >= 0.6 is 0 Å². The predicted molar refractivity (Wildman–Crippen MR) is 81.8 cm³/mol. The van der Waals surface area contributed by atoms with E-state index in [2.05, 4.69) is 18.7 Å². The van der Waals surface area contributed by atoms with Crippen LogP contribution in [-0.4, -0.2) is 35.1 Å². The molecule has 3 heteroatoms. The molecule has 1 aliphatic heterocycles. The van der Waals surface area contributed by atoms with Crippen molar-refractivity contribution in [3.05, 3.63) is 0 Å². The molecule has 0 radical (unpaired) electrons. The molecule has 0 aromatic rings. The number of hydrogen-bond acceptors (Lipinski definition) is 2. The first kappa shape index (κ1) is 15.8. The summed E-state index contributed by atoms with van der Waals surface area (Å²) in [5, 5.41) is 9.21. The molecule has 3 nitrogen and oxygen atoms in total. The van der Waals surface area contributed by atoms with Crippen molar-refractivity contribution in [1.29, 1.82) is 0 Å². The molecule has 1 N–H and O–H groups in total. The second-order valence-corrected chi connectivity index (χ2v) is 7.26. The Kier molecular flexibility index (Phi) is 5.88. The van der Waals surface area contributed by atoms with Crippen LogP contribution in [0, 0.1) is 17.8 Å². The Morgan fingerprint density at radius 3 is 2.55 bits per heavy atom. The van der Waals surface area contributed by atoms with Crippen molar-refractivity contribution in [1.82, 2.24) is 4.90 Å². The summed E-state index contributed by atoms with van der Waals surface area (Å²) in [5.41, 5.74) is 0. The Labute approximate surface area is 123 Å². The number of rotatable bonds is 5. The molecule has 3 atom stereocenters. The van der Waals surface area contributed by atoms with Gasteiger partial charge >= 0.3 is 5.97 Å². The van der Waals surface area contributed by atoms with Crippen molar-refractivity contribution in [3.63, 3.8) is 0 Å². The topological polar surface area (TPSA) is 40.5 Å². The van der Waals surface area contributed by atoms with Gasteiger partial charge in [-0.1, -0.05) is 39.0 Å². The van der Waals surface area contributed by atoms with E-state index in [0.29, 0.717) is 12.0 Å². The van der Waals surface area contributed by atoms with E-state index < -0.39 is 5.97 Å². The van der Waals surface area contributed by atoms with Crippen LogP contribution in [0.1, 0.15) is 65.2 Å². The van der Waals surface area contributed by atoms with Gasteiger partial charge in [0.1, 0.15) is 0 Å². The zero-order valence-electron chi connectivity index (χ0n) is 13.2. The molecular formula is C17H31NO2. The van der Waals surface area contributed by atoms with Gasteiger partial charge in [0.2, 0.25) is 0 Å². The van der Waals surface area contributed by atoms with E-state index in [1.54, 1.807) is 0 Å². The SMILES string of the molecule is CC(CC1CCCCC1)CN1CC(C(=O)O)CCC1C. The third kappa shape index (κ3) is 4.47. The Balaban J connectivity index is 1.79. The fraction of sp³-hybridized carbons (Fsp3) is 0.941. The summed E-state index contributed by atoms with van der Waals surface area (Å²) in [6.45, 7) is 6.45. The van der Waals surface area contributed by atoms with Crippen molar-refractivity contribution in [2.75, 3.05) is 13.1 Å². The molecule has 0 spiro atoms. The van der Waals surface area contributed by atoms with Crippen LogP contribution in [0.2, 0.25) is 0 Å². The van der Waals surface area contributed by atoms with Crippen LogP contribution in [0.5, 0.6) is 0 Å². The van der Waals surface area contributed by atoms with Gasteiger partial charge in [-0.05, 0) is 38.0 Å². The first-order valence-corrected chi connectivity index (χ1v) is 8.53. The van der Waals surface area contributed by atoms with E-state index in [9.17, 15) is 9.90 Å². The van der Waals surface area contributed by atoms with Gasteiger partial charge in [-0.25, -0.2) is 0 Å². The molecule has 0 bridgehead atoms. The molecule has 0 aromatic carbocycles. The third-order valence-corrected chi connectivity index (χ3v) is 5.37. The van der Waals surface area contributed by atoms with E-state index >= 15 is 0 Å². The van der Waals surface area contributed by atoms with Gasteiger partial charge in [0.15, 0.2) is 0 Å². The lowest BCUT2D eigenvalue weighted by Crippen LogP contribution is -2.46. The quantitative estimate of drug-likeness (QED) is 0.833. The van der Waals surface area contributed by atoms with Crippen LogP contribution in [0.15, 0.2) is 0 Å². The van der Waals surface area contributed by atoms with Crippen molar-refractivity contribution in [2.24, 2.45) is 17.8 Å². The van der Waals surface area contributed by atoms with Crippen molar-refractivity contribution in [3.8, 4) is 0 Å². The number of carbonyl (C=O) groups is 1. The van der Waals surface area contributed by atoms with E-state index in [1.807, 2.05) is 0 Å². The number of carboxylic acids is 1. The van der Waals surface area contributed by atoms with Crippen LogP contribution in [-0.2, 0) is 4.79 Å². The lowest BCUT2D eigenvalue weighted by molar-refractivity contribution is -0.144. The molecule has 2 rings (SSSR count). The summed E-state index contributed by atoms with van der Waals surface area (Å²) in [6, 6.07) is 0.555. The number of piperidine rings is 1. The molecule has 1 aliphatic carbocycles. The van der Waals surface area contributed by atoms with Crippen molar-refractivity contribution >= 4 is 5.97 Å². The zero-order valence-corrected chi connectivity index (χ0v) is 13.2. The Morgan fingerprint density at radius 1 is 1.20 bits per heavy atom. The lowest BCUT2D eigenvalue weighted by Gasteiger charge is -2.38. The molecule has 2 aliphatic rings. The van der Waals surface area contributed by atoms with Gasteiger partial charge in [-0.2, -0.15) is 0 Å². The van der Waals surface area contributed by atoms with Crippen LogP contribution in [0.25, 0.3) is 0 Å². The van der Waals surface area contributed by atoms with E-state index in [-0.39, 0.29) is 5.92 Å². The second kappa shape index (κ2) is 7.44. The fourth-order valence-electron chi connectivity index (χ4n) is 4.10. The highest BCUT2D eigenvalue weighted by Crippen LogP contribution is 2.30. The smallest absolute Gasteiger partial charge is 0.307 e. The molecule has 3 unspecified atom stereocenters. The number of aliphatic carboxylic acids is 1. The Morgan fingerprint density at radius 2 is 1.90 bits per heavy atom. The molecule has 0 aromatic heterocycles. The van der Waals surface area contributed by atoms with Crippen molar-refractivity contribution in [2.45, 2.75) is 71.3 Å². The second-order valence-electron chi connectivity index (χ2n) is 7.26. The number of likely N-dealkylation sites (tertiary alicyclic amines) is 1. The van der Waals surface area contributed by atoms with Gasteiger partial charge in [-0.3, -0.25) is 9.69 Å². The highest BCUT2D eigenvalue weighted by Gasteiger charge is 2.30. The summed E-state index contributed by atoms with van der Waals surface area (Å²) in [6.07, 6.45) is 10.3. The van der Waals surface area contributed by atoms with E-state index in [0.717, 1.165) is 31.8 Å². The predicted octanol–water partition coefficient (Wildman–Crippen LogP) is 3.78. The molecule has 1 saturated carbocycles.